The Kier molecular flexibility index (Phi) is 8.49. The third-order valence-corrected chi connectivity index (χ3v) is 7.19. The van der Waals surface area contributed by atoms with Crippen LogP contribution in [0.15, 0.2) is 41.3 Å². The Morgan fingerprint density at radius 3 is 2.32 bits per heavy atom. The van der Waals surface area contributed by atoms with Crippen LogP contribution < -0.4 is 27.8 Å². The molecular weight excluding hydrogens is 484 g/mol. The molecule has 3 atom stereocenters. The van der Waals surface area contributed by atoms with Gasteiger partial charge in [0.05, 0.1) is 11.2 Å². The van der Waals surface area contributed by atoms with E-state index < -0.39 is 11.2 Å². The minimum Gasteiger partial charge on any atom is -0.338 e. The number of carbonyl (C=O) groups excluding carboxylic acids is 2. The molecule has 1 aliphatic carbocycles. The SMILES string of the molecule is CC(Cc1ccc(-n2ccc(NC(=O)N3CCN(C(=O)C(C)(C)N)CC3)nc2=O)cc1)N[C@H]1CC[C@H](N)C1. The van der Waals surface area contributed by atoms with Gasteiger partial charge in [-0.1, -0.05) is 12.1 Å². The molecule has 3 amide bonds. The summed E-state index contributed by atoms with van der Waals surface area (Å²) in [4.78, 5) is 45.0. The number of nitrogens with one attached hydrogen (secondary N) is 2. The fourth-order valence-corrected chi connectivity index (χ4v) is 5.15. The van der Waals surface area contributed by atoms with E-state index in [-0.39, 0.29) is 17.8 Å². The van der Waals surface area contributed by atoms with Gasteiger partial charge in [-0.2, -0.15) is 4.98 Å². The van der Waals surface area contributed by atoms with Crippen molar-refractivity contribution in [2.24, 2.45) is 11.5 Å². The minimum absolute atomic E-state index is 0.142. The summed E-state index contributed by atoms with van der Waals surface area (Å²) in [6.07, 6.45) is 5.73. The summed E-state index contributed by atoms with van der Waals surface area (Å²) < 4.78 is 1.44. The van der Waals surface area contributed by atoms with E-state index in [1.165, 1.54) is 10.1 Å². The van der Waals surface area contributed by atoms with Gasteiger partial charge in [0, 0.05) is 50.5 Å². The summed E-state index contributed by atoms with van der Waals surface area (Å²) in [7, 11) is 0. The van der Waals surface area contributed by atoms with Crippen molar-refractivity contribution in [3.8, 4) is 5.69 Å². The van der Waals surface area contributed by atoms with Crippen molar-refractivity contribution in [1.29, 1.82) is 0 Å². The van der Waals surface area contributed by atoms with Gasteiger partial charge in [0.15, 0.2) is 0 Å². The van der Waals surface area contributed by atoms with E-state index in [0.29, 0.717) is 50.0 Å². The molecule has 206 valence electrons. The van der Waals surface area contributed by atoms with Crippen molar-refractivity contribution in [1.82, 2.24) is 24.7 Å². The van der Waals surface area contributed by atoms with E-state index in [2.05, 4.69) is 22.5 Å². The highest BCUT2D eigenvalue weighted by molar-refractivity contribution is 5.89. The standard InChI is InChI=1S/C27H40N8O3/c1-18(30-21-7-6-20(28)17-21)16-19-4-8-22(9-5-19)35-11-10-23(32-26(35)38)31-25(37)34-14-12-33(13-15-34)24(36)27(2,3)29/h4-5,8-11,18,20-21,30H,6-7,12-17,28-29H2,1-3H3,(H,31,32,37,38)/t18?,20-,21-/m0/s1. The predicted molar refractivity (Wildman–Crippen MR) is 147 cm³/mol. The van der Waals surface area contributed by atoms with E-state index in [4.69, 9.17) is 11.5 Å². The molecule has 1 aromatic heterocycles. The minimum atomic E-state index is -0.946. The number of nitrogens with zero attached hydrogens (tertiary/aromatic N) is 4. The van der Waals surface area contributed by atoms with Crippen LogP contribution in [0, 0.1) is 0 Å². The average molecular weight is 525 g/mol. The first-order chi connectivity index (χ1) is 18.0. The number of carbonyl (C=O) groups is 2. The molecule has 1 aliphatic heterocycles. The third kappa shape index (κ3) is 6.97. The lowest BCUT2D eigenvalue weighted by Crippen LogP contribution is -2.58. The molecule has 38 heavy (non-hydrogen) atoms. The van der Waals surface area contributed by atoms with E-state index in [9.17, 15) is 14.4 Å². The molecule has 4 rings (SSSR count). The summed E-state index contributed by atoms with van der Waals surface area (Å²) in [5.74, 6) is 0.0392. The van der Waals surface area contributed by atoms with Gasteiger partial charge in [0.2, 0.25) is 5.91 Å². The lowest BCUT2D eigenvalue weighted by molar-refractivity contribution is -0.137. The summed E-state index contributed by atoms with van der Waals surface area (Å²) in [6.45, 7) is 7.08. The monoisotopic (exact) mass is 524 g/mol. The molecule has 0 bridgehead atoms. The maximum atomic E-state index is 12.7. The Labute approximate surface area is 223 Å². The number of urea groups is 1. The van der Waals surface area contributed by atoms with Crippen LogP contribution in [0.1, 0.15) is 45.6 Å². The van der Waals surface area contributed by atoms with Gasteiger partial charge >= 0.3 is 11.7 Å². The van der Waals surface area contributed by atoms with E-state index in [1.807, 2.05) is 24.3 Å². The molecule has 1 saturated heterocycles. The number of benzene rings is 1. The number of anilines is 1. The second-order valence-electron chi connectivity index (χ2n) is 11.1. The second-order valence-corrected chi connectivity index (χ2v) is 11.1. The Morgan fingerprint density at radius 1 is 1.08 bits per heavy atom. The molecular formula is C27H40N8O3. The topological polar surface area (TPSA) is 152 Å². The first-order valence-corrected chi connectivity index (χ1v) is 13.3. The Balaban J connectivity index is 1.30. The summed E-state index contributed by atoms with van der Waals surface area (Å²) in [5, 5.41) is 6.35. The number of rotatable bonds is 7. The molecule has 2 fully saturated rings. The highest BCUT2D eigenvalue weighted by Crippen LogP contribution is 2.19. The first-order valence-electron chi connectivity index (χ1n) is 13.3. The molecule has 2 aromatic rings. The zero-order chi connectivity index (χ0) is 27.4. The summed E-state index contributed by atoms with van der Waals surface area (Å²) >= 11 is 0. The van der Waals surface area contributed by atoms with Crippen molar-refractivity contribution in [2.45, 2.75) is 70.1 Å². The quantitative estimate of drug-likeness (QED) is 0.422. The first kappa shape index (κ1) is 27.7. The van der Waals surface area contributed by atoms with Crippen LogP contribution in [0.2, 0.25) is 0 Å². The van der Waals surface area contributed by atoms with Gasteiger partial charge in [-0.05, 0) is 70.2 Å². The zero-order valence-corrected chi connectivity index (χ0v) is 22.5. The maximum Gasteiger partial charge on any atom is 0.354 e. The number of nitrogens with two attached hydrogens (primary N) is 2. The van der Waals surface area contributed by atoms with Crippen LogP contribution >= 0.6 is 0 Å². The maximum absolute atomic E-state index is 12.7. The summed E-state index contributed by atoms with van der Waals surface area (Å²) in [6, 6.07) is 10.2. The molecule has 1 saturated carbocycles. The van der Waals surface area contributed by atoms with Crippen molar-refractivity contribution < 1.29 is 9.59 Å². The molecule has 1 unspecified atom stereocenters. The molecule has 11 nitrogen and oxygen atoms in total. The lowest BCUT2D eigenvalue weighted by atomic mass is 10.1. The number of amides is 3. The molecule has 0 radical (unpaired) electrons. The van der Waals surface area contributed by atoms with Crippen LogP contribution in [0.25, 0.3) is 5.69 Å². The van der Waals surface area contributed by atoms with Crippen LogP contribution in [-0.2, 0) is 11.2 Å². The molecule has 0 spiro atoms. The van der Waals surface area contributed by atoms with Crippen LogP contribution in [0.4, 0.5) is 10.6 Å². The molecule has 11 heteroatoms. The highest BCUT2D eigenvalue weighted by atomic mass is 16.2. The van der Waals surface area contributed by atoms with Crippen LogP contribution in [0.3, 0.4) is 0 Å². The number of hydrogen-bond acceptors (Lipinski definition) is 7. The van der Waals surface area contributed by atoms with Gasteiger partial charge < -0.3 is 26.6 Å². The number of piperazine rings is 1. The van der Waals surface area contributed by atoms with Crippen molar-refractivity contribution >= 4 is 17.8 Å². The Bertz CT molecular complexity index is 1180. The molecule has 1 aromatic carbocycles. The summed E-state index contributed by atoms with van der Waals surface area (Å²) in [5.41, 5.74) is 12.4. The molecule has 2 heterocycles. The third-order valence-electron chi connectivity index (χ3n) is 7.19. The van der Waals surface area contributed by atoms with Gasteiger partial charge in [0.1, 0.15) is 5.82 Å². The predicted octanol–water partition coefficient (Wildman–Crippen LogP) is 1.05. The van der Waals surface area contributed by atoms with Crippen LogP contribution in [-0.4, -0.2) is 81.1 Å². The van der Waals surface area contributed by atoms with E-state index in [0.717, 1.165) is 25.7 Å². The second kappa shape index (κ2) is 11.6. The highest BCUT2D eigenvalue weighted by Gasteiger charge is 2.31. The average Bonchev–Trinajstić information content (AvgIpc) is 3.28. The number of aromatic nitrogens is 2. The normalized spacial score (nSPS) is 20.9. The molecule has 2 aliphatic rings. The lowest BCUT2D eigenvalue weighted by Gasteiger charge is -2.37. The smallest absolute Gasteiger partial charge is 0.338 e. The number of hydrogen-bond donors (Lipinski definition) is 4. The fraction of sp³-hybridized carbons (Fsp3) is 0.556. The largest absolute Gasteiger partial charge is 0.354 e. The van der Waals surface area contributed by atoms with Gasteiger partial charge in [-0.25, -0.2) is 9.59 Å². The van der Waals surface area contributed by atoms with Gasteiger partial charge in [-0.15, -0.1) is 0 Å². The van der Waals surface area contributed by atoms with E-state index >= 15 is 0 Å². The van der Waals surface area contributed by atoms with Crippen molar-refractivity contribution in [3.05, 3.63) is 52.6 Å². The van der Waals surface area contributed by atoms with Gasteiger partial charge in [0.25, 0.3) is 0 Å². The molecule has 6 N–H and O–H groups in total. The van der Waals surface area contributed by atoms with Crippen LogP contribution in [0.5, 0.6) is 0 Å². The zero-order valence-electron chi connectivity index (χ0n) is 22.5. The van der Waals surface area contributed by atoms with Crippen molar-refractivity contribution in [3.63, 3.8) is 0 Å². The Hall–Kier alpha value is -3.28. The Morgan fingerprint density at radius 2 is 1.74 bits per heavy atom. The fourth-order valence-electron chi connectivity index (χ4n) is 5.15. The van der Waals surface area contributed by atoms with E-state index in [1.54, 1.807) is 35.9 Å². The van der Waals surface area contributed by atoms with Crippen molar-refractivity contribution in [2.75, 3.05) is 31.5 Å². The van der Waals surface area contributed by atoms with Gasteiger partial charge in [-0.3, -0.25) is 14.7 Å².